The van der Waals surface area contributed by atoms with E-state index in [2.05, 4.69) is 24.5 Å². The van der Waals surface area contributed by atoms with Gasteiger partial charge in [0.15, 0.2) is 5.88 Å². The van der Waals surface area contributed by atoms with E-state index >= 15 is 0 Å². The van der Waals surface area contributed by atoms with Crippen molar-refractivity contribution in [2.75, 3.05) is 18.9 Å². The van der Waals surface area contributed by atoms with Gasteiger partial charge in [-0.3, -0.25) is 0 Å². The van der Waals surface area contributed by atoms with Crippen molar-refractivity contribution < 1.29 is 4.42 Å². The normalized spacial score (nSPS) is 11.7. The summed E-state index contributed by atoms with van der Waals surface area (Å²) in [6, 6.07) is 3.90. The molecular weight excluding hydrogens is 164 g/mol. The first-order valence-corrected chi connectivity index (χ1v) is 4.53. The molecule has 0 aromatic carbocycles. The SMILES string of the molecule is CNC(C)(C)CNc1ccc(C)o1. The molecule has 0 aliphatic rings. The molecule has 0 aliphatic carbocycles. The van der Waals surface area contributed by atoms with E-state index in [0.717, 1.165) is 18.2 Å². The Labute approximate surface area is 79.5 Å². The number of likely N-dealkylation sites (N-methyl/N-ethyl adjacent to an activating group) is 1. The van der Waals surface area contributed by atoms with E-state index in [0.29, 0.717) is 0 Å². The Morgan fingerprint density at radius 1 is 1.38 bits per heavy atom. The summed E-state index contributed by atoms with van der Waals surface area (Å²) in [5.41, 5.74) is 0.0840. The molecule has 3 heteroatoms. The highest BCUT2D eigenvalue weighted by molar-refractivity contribution is 5.32. The summed E-state index contributed by atoms with van der Waals surface area (Å²) < 4.78 is 5.38. The summed E-state index contributed by atoms with van der Waals surface area (Å²) in [4.78, 5) is 0. The maximum absolute atomic E-state index is 5.38. The Balaban J connectivity index is 2.43. The number of hydrogen-bond donors (Lipinski definition) is 2. The molecule has 1 aromatic heterocycles. The number of nitrogens with one attached hydrogen (secondary N) is 2. The van der Waals surface area contributed by atoms with Crippen molar-refractivity contribution in [1.82, 2.24) is 5.32 Å². The third-order valence-corrected chi connectivity index (χ3v) is 2.12. The van der Waals surface area contributed by atoms with Crippen LogP contribution in [0.5, 0.6) is 0 Å². The molecule has 1 heterocycles. The summed E-state index contributed by atoms with van der Waals surface area (Å²) in [6.45, 7) is 7.05. The van der Waals surface area contributed by atoms with Crippen LogP contribution in [0.2, 0.25) is 0 Å². The second-order valence-corrected chi connectivity index (χ2v) is 3.90. The van der Waals surface area contributed by atoms with Gasteiger partial charge in [0.05, 0.1) is 0 Å². The third kappa shape index (κ3) is 3.11. The first-order valence-electron chi connectivity index (χ1n) is 4.53. The average Bonchev–Trinajstić information content (AvgIpc) is 2.48. The molecule has 0 radical (unpaired) electrons. The predicted molar refractivity (Wildman–Crippen MR) is 55.1 cm³/mol. The quantitative estimate of drug-likeness (QED) is 0.747. The lowest BCUT2D eigenvalue weighted by Gasteiger charge is -2.23. The second kappa shape index (κ2) is 3.83. The molecule has 0 spiro atoms. The Morgan fingerprint density at radius 2 is 2.08 bits per heavy atom. The zero-order valence-corrected chi connectivity index (χ0v) is 8.77. The summed E-state index contributed by atoms with van der Waals surface area (Å²) in [6.07, 6.45) is 0. The van der Waals surface area contributed by atoms with Crippen molar-refractivity contribution in [2.24, 2.45) is 0 Å². The minimum atomic E-state index is 0.0840. The maximum atomic E-state index is 5.38. The average molecular weight is 182 g/mol. The van der Waals surface area contributed by atoms with Crippen LogP contribution in [0, 0.1) is 6.92 Å². The van der Waals surface area contributed by atoms with E-state index in [9.17, 15) is 0 Å². The summed E-state index contributed by atoms with van der Waals surface area (Å²) in [7, 11) is 1.95. The minimum Gasteiger partial charge on any atom is -0.446 e. The topological polar surface area (TPSA) is 37.2 Å². The fraction of sp³-hybridized carbons (Fsp3) is 0.600. The first-order chi connectivity index (χ1) is 6.03. The van der Waals surface area contributed by atoms with Crippen molar-refractivity contribution in [1.29, 1.82) is 0 Å². The van der Waals surface area contributed by atoms with E-state index in [1.807, 2.05) is 26.1 Å². The smallest absolute Gasteiger partial charge is 0.193 e. The largest absolute Gasteiger partial charge is 0.446 e. The second-order valence-electron chi connectivity index (χ2n) is 3.90. The van der Waals surface area contributed by atoms with Crippen molar-refractivity contribution in [3.63, 3.8) is 0 Å². The van der Waals surface area contributed by atoms with Crippen molar-refractivity contribution in [3.8, 4) is 0 Å². The molecule has 0 saturated heterocycles. The maximum Gasteiger partial charge on any atom is 0.193 e. The Kier molecular flexibility index (Phi) is 2.98. The van der Waals surface area contributed by atoms with Crippen LogP contribution in [0.15, 0.2) is 16.5 Å². The summed E-state index contributed by atoms with van der Waals surface area (Å²) in [5, 5.41) is 6.44. The molecule has 0 amide bonds. The lowest BCUT2D eigenvalue weighted by atomic mass is 10.1. The van der Waals surface area contributed by atoms with Crippen LogP contribution in [-0.2, 0) is 0 Å². The Morgan fingerprint density at radius 3 is 2.54 bits per heavy atom. The van der Waals surface area contributed by atoms with Crippen molar-refractivity contribution >= 4 is 5.88 Å². The molecule has 0 unspecified atom stereocenters. The number of hydrogen-bond acceptors (Lipinski definition) is 3. The number of rotatable bonds is 4. The van der Waals surface area contributed by atoms with E-state index in [4.69, 9.17) is 4.42 Å². The van der Waals surface area contributed by atoms with Crippen LogP contribution < -0.4 is 10.6 Å². The molecule has 1 aromatic rings. The molecule has 1 rings (SSSR count). The third-order valence-electron chi connectivity index (χ3n) is 2.12. The van der Waals surface area contributed by atoms with E-state index in [1.54, 1.807) is 0 Å². The van der Waals surface area contributed by atoms with Crippen LogP contribution in [0.25, 0.3) is 0 Å². The predicted octanol–water partition coefficient (Wildman–Crippen LogP) is 2.00. The van der Waals surface area contributed by atoms with Gasteiger partial charge in [-0.25, -0.2) is 0 Å². The van der Waals surface area contributed by atoms with Crippen LogP contribution in [-0.4, -0.2) is 19.1 Å². The summed E-state index contributed by atoms with van der Waals surface area (Å²) in [5.74, 6) is 1.77. The van der Waals surface area contributed by atoms with Gasteiger partial charge in [-0.2, -0.15) is 0 Å². The molecule has 0 aliphatic heterocycles. The molecule has 74 valence electrons. The Bertz CT molecular complexity index is 266. The van der Waals surface area contributed by atoms with Gasteiger partial charge in [-0.05, 0) is 33.9 Å². The minimum absolute atomic E-state index is 0.0840. The first kappa shape index (κ1) is 10.1. The molecule has 0 bridgehead atoms. The highest BCUT2D eigenvalue weighted by Gasteiger charge is 2.14. The lowest BCUT2D eigenvalue weighted by molar-refractivity contribution is 0.440. The zero-order valence-electron chi connectivity index (χ0n) is 8.77. The standard InChI is InChI=1S/C10H18N2O/c1-8-5-6-9(13-8)12-7-10(2,3)11-4/h5-6,11-12H,7H2,1-4H3. The highest BCUT2D eigenvalue weighted by atomic mass is 16.4. The molecule has 0 saturated carbocycles. The van der Waals surface area contributed by atoms with Gasteiger partial charge < -0.3 is 15.1 Å². The van der Waals surface area contributed by atoms with Gasteiger partial charge in [0.1, 0.15) is 5.76 Å². The van der Waals surface area contributed by atoms with Crippen molar-refractivity contribution in [2.45, 2.75) is 26.3 Å². The van der Waals surface area contributed by atoms with Crippen LogP contribution in [0.3, 0.4) is 0 Å². The molecule has 0 fully saturated rings. The molecule has 2 N–H and O–H groups in total. The van der Waals surface area contributed by atoms with Gasteiger partial charge in [0, 0.05) is 18.2 Å². The van der Waals surface area contributed by atoms with Crippen molar-refractivity contribution in [3.05, 3.63) is 17.9 Å². The molecular formula is C10H18N2O. The fourth-order valence-electron chi connectivity index (χ4n) is 0.926. The van der Waals surface area contributed by atoms with Crippen LogP contribution >= 0.6 is 0 Å². The number of anilines is 1. The lowest BCUT2D eigenvalue weighted by Crippen LogP contribution is -2.42. The van der Waals surface area contributed by atoms with Gasteiger partial charge >= 0.3 is 0 Å². The van der Waals surface area contributed by atoms with Gasteiger partial charge in [0.2, 0.25) is 0 Å². The van der Waals surface area contributed by atoms with Gasteiger partial charge in [-0.1, -0.05) is 0 Å². The highest BCUT2D eigenvalue weighted by Crippen LogP contribution is 2.13. The van der Waals surface area contributed by atoms with E-state index in [-0.39, 0.29) is 5.54 Å². The molecule has 3 nitrogen and oxygen atoms in total. The number of aryl methyl sites for hydroxylation is 1. The fourth-order valence-corrected chi connectivity index (χ4v) is 0.926. The zero-order chi connectivity index (χ0) is 9.90. The monoisotopic (exact) mass is 182 g/mol. The van der Waals surface area contributed by atoms with E-state index < -0.39 is 0 Å². The number of furan rings is 1. The summed E-state index contributed by atoms with van der Waals surface area (Å²) >= 11 is 0. The van der Waals surface area contributed by atoms with Crippen LogP contribution in [0.4, 0.5) is 5.88 Å². The van der Waals surface area contributed by atoms with Gasteiger partial charge in [0.25, 0.3) is 0 Å². The molecule has 13 heavy (non-hydrogen) atoms. The van der Waals surface area contributed by atoms with Gasteiger partial charge in [-0.15, -0.1) is 0 Å². The van der Waals surface area contributed by atoms with Crippen LogP contribution in [0.1, 0.15) is 19.6 Å². The Hall–Kier alpha value is -0.960. The van der Waals surface area contributed by atoms with E-state index in [1.165, 1.54) is 0 Å². The molecule has 0 atom stereocenters.